The molecule has 0 bridgehead atoms. The van der Waals surface area contributed by atoms with E-state index < -0.39 is 5.82 Å². The summed E-state index contributed by atoms with van der Waals surface area (Å²) < 4.78 is 23.9. The van der Waals surface area contributed by atoms with E-state index in [1.165, 1.54) is 0 Å². The van der Waals surface area contributed by atoms with E-state index in [2.05, 4.69) is 15.3 Å². The number of aromatic nitrogens is 2. The summed E-state index contributed by atoms with van der Waals surface area (Å²) in [6.07, 6.45) is 3.12. The number of anilines is 1. The third-order valence-corrected chi connectivity index (χ3v) is 2.37. The van der Waals surface area contributed by atoms with E-state index in [4.69, 9.17) is 9.47 Å². The van der Waals surface area contributed by atoms with Gasteiger partial charge in [0.05, 0.1) is 12.3 Å². The van der Waals surface area contributed by atoms with Crippen LogP contribution in [0.5, 0.6) is 5.88 Å². The molecule has 1 aromatic heterocycles. The van der Waals surface area contributed by atoms with Crippen molar-refractivity contribution in [3.8, 4) is 5.88 Å². The predicted molar refractivity (Wildman–Crippen MR) is 56.0 cm³/mol. The summed E-state index contributed by atoms with van der Waals surface area (Å²) in [7, 11) is 1.66. The zero-order valence-corrected chi connectivity index (χ0v) is 9.07. The van der Waals surface area contributed by atoms with E-state index >= 15 is 0 Å². The van der Waals surface area contributed by atoms with Crippen LogP contribution in [0.4, 0.5) is 10.3 Å². The van der Waals surface area contributed by atoms with Gasteiger partial charge in [0.1, 0.15) is 6.61 Å². The highest BCUT2D eigenvalue weighted by atomic mass is 19.1. The van der Waals surface area contributed by atoms with Gasteiger partial charge in [0.15, 0.2) is 0 Å². The molecule has 88 valence electrons. The Morgan fingerprint density at radius 1 is 1.69 bits per heavy atom. The second-order valence-corrected chi connectivity index (χ2v) is 3.54. The highest BCUT2D eigenvalue weighted by Crippen LogP contribution is 2.17. The molecule has 2 rings (SSSR count). The molecule has 0 aliphatic carbocycles. The van der Waals surface area contributed by atoms with Crippen molar-refractivity contribution >= 4 is 5.95 Å². The van der Waals surface area contributed by atoms with Crippen molar-refractivity contribution in [2.24, 2.45) is 0 Å². The zero-order chi connectivity index (χ0) is 11.4. The third-order valence-electron chi connectivity index (χ3n) is 2.37. The van der Waals surface area contributed by atoms with Gasteiger partial charge in [0, 0.05) is 13.7 Å². The topological polar surface area (TPSA) is 56.3 Å². The maximum absolute atomic E-state index is 13.3. The van der Waals surface area contributed by atoms with Crippen LogP contribution in [-0.4, -0.2) is 36.3 Å². The number of ether oxygens (including phenoxy) is 2. The van der Waals surface area contributed by atoms with Crippen LogP contribution in [0.2, 0.25) is 0 Å². The first-order valence-electron chi connectivity index (χ1n) is 5.24. The molecule has 1 fully saturated rings. The molecule has 5 nitrogen and oxygen atoms in total. The molecule has 1 N–H and O–H groups in total. The van der Waals surface area contributed by atoms with E-state index in [0.717, 1.165) is 25.6 Å². The van der Waals surface area contributed by atoms with Gasteiger partial charge in [-0.3, -0.25) is 0 Å². The SMILES string of the molecule is CNc1ncc(F)c(OCC2CCCO2)n1. The van der Waals surface area contributed by atoms with Gasteiger partial charge < -0.3 is 14.8 Å². The lowest BCUT2D eigenvalue weighted by Crippen LogP contribution is -2.17. The summed E-state index contributed by atoms with van der Waals surface area (Å²) >= 11 is 0. The minimum absolute atomic E-state index is 0.0325. The van der Waals surface area contributed by atoms with Gasteiger partial charge in [-0.15, -0.1) is 0 Å². The first-order valence-corrected chi connectivity index (χ1v) is 5.24. The average Bonchev–Trinajstić information content (AvgIpc) is 2.81. The molecule has 0 saturated carbocycles. The standard InChI is InChI=1S/C10H14FN3O2/c1-12-10-13-5-8(11)9(14-10)16-6-7-3-2-4-15-7/h5,7H,2-4,6H2,1H3,(H,12,13,14). The van der Waals surface area contributed by atoms with Crippen LogP contribution in [0.3, 0.4) is 0 Å². The summed E-state index contributed by atoms with van der Waals surface area (Å²) in [5.41, 5.74) is 0. The van der Waals surface area contributed by atoms with Crippen LogP contribution < -0.4 is 10.1 Å². The van der Waals surface area contributed by atoms with Gasteiger partial charge in [-0.05, 0) is 12.8 Å². The molecule has 1 aromatic rings. The molecule has 0 radical (unpaired) electrons. The van der Waals surface area contributed by atoms with Crippen LogP contribution in [0.25, 0.3) is 0 Å². The zero-order valence-electron chi connectivity index (χ0n) is 9.07. The molecule has 0 spiro atoms. The van der Waals surface area contributed by atoms with Gasteiger partial charge in [0.2, 0.25) is 11.8 Å². The summed E-state index contributed by atoms with van der Waals surface area (Å²) in [6, 6.07) is 0. The van der Waals surface area contributed by atoms with Crippen molar-refractivity contribution in [3.05, 3.63) is 12.0 Å². The molecule has 2 heterocycles. The van der Waals surface area contributed by atoms with E-state index in [9.17, 15) is 4.39 Å². The van der Waals surface area contributed by atoms with E-state index in [0.29, 0.717) is 12.6 Å². The van der Waals surface area contributed by atoms with Crippen molar-refractivity contribution in [2.45, 2.75) is 18.9 Å². The smallest absolute Gasteiger partial charge is 0.255 e. The first-order chi connectivity index (χ1) is 7.79. The van der Waals surface area contributed by atoms with Crippen LogP contribution in [-0.2, 0) is 4.74 Å². The van der Waals surface area contributed by atoms with Crippen molar-refractivity contribution in [1.29, 1.82) is 0 Å². The lowest BCUT2D eigenvalue weighted by atomic mass is 10.2. The number of halogens is 1. The molecule has 6 heteroatoms. The highest BCUT2D eigenvalue weighted by Gasteiger charge is 2.17. The summed E-state index contributed by atoms with van der Waals surface area (Å²) in [5.74, 6) is -0.254. The minimum Gasteiger partial charge on any atom is -0.473 e. The van der Waals surface area contributed by atoms with Crippen LogP contribution in [0, 0.1) is 5.82 Å². The number of hydrogen-bond acceptors (Lipinski definition) is 5. The Bertz CT molecular complexity index is 356. The molecule has 0 amide bonds. The molecule has 1 aliphatic rings. The van der Waals surface area contributed by atoms with Gasteiger partial charge in [-0.1, -0.05) is 0 Å². The van der Waals surface area contributed by atoms with Gasteiger partial charge in [-0.2, -0.15) is 9.37 Å². The third kappa shape index (κ3) is 2.57. The fourth-order valence-corrected chi connectivity index (χ4v) is 1.52. The quantitative estimate of drug-likeness (QED) is 0.838. The molecule has 1 unspecified atom stereocenters. The van der Waals surface area contributed by atoms with E-state index in [-0.39, 0.29) is 12.0 Å². The second kappa shape index (κ2) is 5.07. The number of rotatable bonds is 4. The van der Waals surface area contributed by atoms with Crippen molar-refractivity contribution in [3.63, 3.8) is 0 Å². The highest BCUT2D eigenvalue weighted by molar-refractivity contribution is 5.27. The molecular weight excluding hydrogens is 213 g/mol. The Hall–Kier alpha value is -1.43. The summed E-state index contributed by atoms with van der Waals surface area (Å²) in [5, 5.41) is 2.72. The first kappa shape index (κ1) is 11.1. The van der Waals surface area contributed by atoms with Gasteiger partial charge >= 0.3 is 0 Å². The second-order valence-electron chi connectivity index (χ2n) is 3.54. The fourth-order valence-electron chi connectivity index (χ4n) is 1.52. The molecule has 16 heavy (non-hydrogen) atoms. The number of nitrogens with zero attached hydrogens (tertiary/aromatic N) is 2. The maximum Gasteiger partial charge on any atom is 0.255 e. The lowest BCUT2D eigenvalue weighted by Gasteiger charge is -2.11. The molecule has 1 saturated heterocycles. The van der Waals surface area contributed by atoms with Gasteiger partial charge in [-0.25, -0.2) is 4.98 Å². The molecule has 1 aliphatic heterocycles. The van der Waals surface area contributed by atoms with Crippen molar-refractivity contribution in [2.75, 3.05) is 25.6 Å². The molecule has 0 aromatic carbocycles. The van der Waals surface area contributed by atoms with Crippen molar-refractivity contribution < 1.29 is 13.9 Å². The minimum atomic E-state index is -0.558. The van der Waals surface area contributed by atoms with Crippen molar-refractivity contribution in [1.82, 2.24) is 9.97 Å². The van der Waals surface area contributed by atoms with E-state index in [1.54, 1.807) is 7.05 Å². The van der Waals surface area contributed by atoms with Crippen LogP contribution in [0.1, 0.15) is 12.8 Å². The summed E-state index contributed by atoms with van der Waals surface area (Å²) in [6.45, 7) is 1.08. The van der Waals surface area contributed by atoms with Gasteiger partial charge in [0.25, 0.3) is 5.88 Å². The normalized spacial score (nSPS) is 19.8. The maximum atomic E-state index is 13.3. The fraction of sp³-hybridized carbons (Fsp3) is 0.600. The van der Waals surface area contributed by atoms with Crippen LogP contribution >= 0.6 is 0 Å². The van der Waals surface area contributed by atoms with E-state index in [1.807, 2.05) is 0 Å². The summed E-state index contributed by atoms with van der Waals surface area (Å²) in [4.78, 5) is 7.61. The Morgan fingerprint density at radius 2 is 2.56 bits per heavy atom. The molecular formula is C10H14FN3O2. The lowest BCUT2D eigenvalue weighted by molar-refractivity contribution is 0.0647. The Labute approximate surface area is 93.0 Å². The molecule has 1 atom stereocenters. The predicted octanol–water partition coefficient (Wildman–Crippen LogP) is 1.22. The number of nitrogens with one attached hydrogen (secondary N) is 1. The Balaban J connectivity index is 1.96. The monoisotopic (exact) mass is 227 g/mol. The average molecular weight is 227 g/mol. The largest absolute Gasteiger partial charge is 0.473 e. The Morgan fingerprint density at radius 3 is 3.25 bits per heavy atom. The number of hydrogen-bond donors (Lipinski definition) is 1. The Kier molecular flexibility index (Phi) is 3.51. The van der Waals surface area contributed by atoms with Crippen LogP contribution in [0.15, 0.2) is 6.20 Å².